The molecule has 108 valence electrons. The van der Waals surface area contributed by atoms with Crippen molar-refractivity contribution in [2.75, 3.05) is 13.1 Å². The van der Waals surface area contributed by atoms with Crippen LogP contribution >= 0.6 is 11.6 Å². The fourth-order valence-electron chi connectivity index (χ4n) is 1.92. The number of terminal acetylenes is 1. The lowest BCUT2D eigenvalue weighted by molar-refractivity contribution is 0.281. The molecule has 6 heteroatoms. The van der Waals surface area contributed by atoms with Gasteiger partial charge in [0.15, 0.2) is 0 Å². The van der Waals surface area contributed by atoms with Gasteiger partial charge in [0.1, 0.15) is 0 Å². The predicted molar refractivity (Wildman–Crippen MR) is 77.7 cm³/mol. The largest absolute Gasteiger partial charge is 0.392 e. The van der Waals surface area contributed by atoms with E-state index < -0.39 is 10.0 Å². The van der Waals surface area contributed by atoms with Crippen molar-refractivity contribution in [3.8, 4) is 12.3 Å². The molecule has 0 aliphatic heterocycles. The molecular weight excluding hydrogens is 298 g/mol. The lowest BCUT2D eigenvalue weighted by atomic mass is 10.2. The first-order valence-corrected chi connectivity index (χ1v) is 8.13. The third-order valence-electron chi connectivity index (χ3n) is 3.25. The van der Waals surface area contributed by atoms with Crippen LogP contribution in [-0.2, 0) is 16.6 Å². The molecule has 0 spiro atoms. The SMILES string of the molecule is C#CCN(CC1CC1)S(=O)(=O)c1ccc(Cl)c(CO)c1. The Balaban J connectivity index is 2.33. The van der Waals surface area contributed by atoms with Crippen molar-refractivity contribution >= 4 is 21.6 Å². The van der Waals surface area contributed by atoms with Crippen LogP contribution < -0.4 is 0 Å². The zero-order valence-corrected chi connectivity index (χ0v) is 12.5. The van der Waals surface area contributed by atoms with E-state index in [1.165, 1.54) is 22.5 Å². The van der Waals surface area contributed by atoms with Crippen molar-refractivity contribution in [3.05, 3.63) is 28.8 Å². The van der Waals surface area contributed by atoms with E-state index in [1.807, 2.05) is 0 Å². The fourth-order valence-corrected chi connectivity index (χ4v) is 3.58. The molecule has 0 unspecified atom stereocenters. The predicted octanol–water partition coefficient (Wildman–Crippen LogP) is 1.87. The Morgan fingerprint density at radius 1 is 1.45 bits per heavy atom. The van der Waals surface area contributed by atoms with Crippen molar-refractivity contribution in [2.24, 2.45) is 5.92 Å². The quantitative estimate of drug-likeness (QED) is 0.816. The Bertz CT molecular complexity index is 632. The summed E-state index contributed by atoms with van der Waals surface area (Å²) in [5.41, 5.74) is 0.389. The summed E-state index contributed by atoms with van der Waals surface area (Å²) in [4.78, 5) is 0.113. The van der Waals surface area contributed by atoms with Crippen LogP contribution in [0.2, 0.25) is 5.02 Å². The summed E-state index contributed by atoms with van der Waals surface area (Å²) in [7, 11) is -3.65. The van der Waals surface area contributed by atoms with Gasteiger partial charge in [-0.3, -0.25) is 0 Å². The highest BCUT2D eigenvalue weighted by atomic mass is 35.5. The van der Waals surface area contributed by atoms with Gasteiger partial charge in [-0.15, -0.1) is 6.42 Å². The lowest BCUT2D eigenvalue weighted by Gasteiger charge is -2.20. The highest BCUT2D eigenvalue weighted by Crippen LogP contribution is 2.32. The Labute approximate surface area is 124 Å². The Kier molecular flexibility index (Phi) is 4.71. The molecule has 1 aliphatic carbocycles. The van der Waals surface area contributed by atoms with Crippen molar-refractivity contribution in [1.82, 2.24) is 4.31 Å². The van der Waals surface area contributed by atoms with Crippen molar-refractivity contribution < 1.29 is 13.5 Å². The van der Waals surface area contributed by atoms with E-state index in [2.05, 4.69) is 5.92 Å². The number of sulfonamides is 1. The molecule has 0 aromatic heterocycles. The van der Waals surface area contributed by atoms with Gasteiger partial charge in [0.25, 0.3) is 0 Å². The third kappa shape index (κ3) is 3.33. The van der Waals surface area contributed by atoms with Gasteiger partial charge >= 0.3 is 0 Å². The van der Waals surface area contributed by atoms with Gasteiger partial charge in [0.05, 0.1) is 18.0 Å². The molecule has 1 aliphatic rings. The number of rotatable bonds is 6. The summed E-state index contributed by atoms with van der Waals surface area (Å²) in [6, 6.07) is 4.31. The second-order valence-corrected chi connectivity index (χ2v) is 7.20. The fraction of sp³-hybridized carbons (Fsp3) is 0.429. The maximum absolute atomic E-state index is 12.6. The van der Waals surface area contributed by atoms with Gasteiger partial charge in [0.2, 0.25) is 10.0 Å². The minimum absolute atomic E-state index is 0.0515. The number of aliphatic hydroxyl groups is 1. The van der Waals surface area contributed by atoms with Gasteiger partial charge in [-0.1, -0.05) is 17.5 Å². The summed E-state index contributed by atoms with van der Waals surface area (Å²) in [5.74, 6) is 2.79. The molecule has 1 saturated carbocycles. The minimum Gasteiger partial charge on any atom is -0.392 e. The molecular formula is C14H16ClNO3S. The molecule has 0 saturated heterocycles. The average molecular weight is 314 g/mol. The van der Waals surface area contributed by atoms with Gasteiger partial charge in [-0.05, 0) is 42.5 Å². The normalized spacial score (nSPS) is 15.3. The maximum atomic E-state index is 12.6. The maximum Gasteiger partial charge on any atom is 0.243 e. The molecule has 0 radical (unpaired) electrons. The monoisotopic (exact) mass is 313 g/mol. The highest BCUT2D eigenvalue weighted by Gasteiger charge is 2.31. The van der Waals surface area contributed by atoms with Gasteiger partial charge < -0.3 is 5.11 Å². The highest BCUT2D eigenvalue weighted by molar-refractivity contribution is 7.89. The molecule has 0 heterocycles. The van der Waals surface area contributed by atoms with Crippen molar-refractivity contribution in [3.63, 3.8) is 0 Å². The summed E-state index contributed by atoms with van der Waals surface area (Å²) >= 11 is 5.88. The van der Waals surface area contributed by atoms with E-state index >= 15 is 0 Å². The zero-order chi connectivity index (χ0) is 14.8. The van der Waals surface area contributed by atoms with Crippen LogP contribution in [0.1, 0.15) is 18.4 Å². The first-order valence-electron chi connectivity index (χ1n) is 6.32. The van der Waals surface area contributed by atoms with Gasteiger partial charge in [0, 0.05) is 11.6 Å². The molecule has 0 bridgehead atoms. The van der Waals surface area contributed by atoms with Gasteiger partial charge in [-0.25, -0.2) is 8.42 Å². The Morgan fingerprint density at radius 3 is 2.70 bits per heavy atom. The van der Waals surface area contributed by atoms with E-state index in [9.17, 15) is 13.5 Å². The summed E-state index contributed by atoms with van der Waals surface area (Å²) in [6.45, 7) is 0.194. The molecule has 0 atom stereocenters. The lowest BCUT2D eigenvalue weighted by Crippen LogP contribution is -2.33. The average Bonchev–Trinajstić information content (AvgIpc) is 3.22. The standard InChI is InChI=1S/C14H16ClNO3S/c1-2-7-16(9-11-3-4-11)20(18,19)13-5-6-14(15)12(8-13)10-17/h1,5-6,8,11,17H,3-4,7,9-10H2. The zero-order valence-electron chi connectivity index (χ0n) is 10.9. The van der Waals surface area contributed by atoms with E-state index in [0.717, 1.165) is 12.8 Å². The van der Waals surface area contributed by atoms with Crippen LogP contribution in [0.5, 0.6) is 0 Å². The molecule has 2 rings (SSSR count). The van der Waals surface area contributed by atoms with E-state index in [4.69, 9.17) is 18.0 Å². The van der Waals surface area contributed by atoms with Crippen LogP contribution in [0.3, 0.4) is 0 Å². The van der Waals surface area contributed by atoms with E-state index in [0.29, 0.717) is 23.0 Å². The minimum atomic E-state index is -3.65. The molecule has 1 fully saturated rings. The van der Waals surface area contributed by atoms with Crippen molar-refractivity contribution in [2.45, 2.75) is 24.3 Å². The van der Waals surface area contributed by atoms with Crippen LogP contribution in [-0.4, -0.2) is 30.9 Å². The molecule has 1 N–H and O–H groups in total. The number of aliphatic hydroxyl groups excluding tert-OH is 1. The second-order valence-electron chi connectivity index (χ2n) is 4.86. The number of halogens is 1. The first kappa shape index (κ1) is 15.3. The van der Waals surface area contributed by atoms with E-state index in [-0.39, 0.29) is 18.0 Å². The Morgan fingerprint density at radius 2 is 2.15 bits per heavy atom. The number of nitrogens with zero attached hydrogens (tertiary/aromatic N) is 1. The van der Waals surface area contributed by atoms with Gasteiger partial charge in [-0.2, -0.15) is 4.31 Å². The third-order valence-corrected chi connectivity index (χ3v) is 5.43. The smallest absolute Gasteiger partial charge is 0.243 e. The first-order chi connectivity index (χ1) is 9.48. The number of benzene rings is 1. The molecule has 1 aromatic carbocycles. The summed E-state index contributed by atoms with van der Waals surface area (Å²) < 4.78 is 26.5. The second kappa shape index (κ2) is 6.15. The van der Waals surface area contributed by atoms with Crippen LogP contribution in [0.4, 0.5) is 0 Å². The van der Waals surface area contributed by atoms with Crippen LogP contribution in [0.25, 0.3) is 0 Å². The summed E-state index contributed by atoms with van der Waals surface area (Å²) in [5, 5.41) is 9.53. The number of hydrogen-bond acceptors (Lipinski definition) is 3. The van der Waals surface area contributed by atoms with E-state index in [1.54, 1.807) is 0 Å². The summed E-state index contributed by atoms with van der Waals surface area (Å²) in [6.07, 6.45) is 7.34. The molecule has 20 heavy (non-hydrogen) atoms. The Hall–Kier alpha value is -1.06. The van der Waals surface area contributed by atoms with Crippen LogP contribution in [0.15, 0.2) is 23.1 Å². The molecule has 1 aromatic rings. The molecule has 4 nitrogen and oxygen atoms in total. The van der Waals surface area contributed by atoms with Crippen LogP contribution in [0, 0.1) is 18.3 Å². The number of hydrogen-bond donors (Lipinski definition) is 1. The topological polar surface area (TPSA) is 57.6 Å². The molecule has 0 amide bonds. The van der Waals surface area contributed by atoms with Crippen molar-refractivity contribution in [1.29, 1.82) is 0 Å².